The zero-order valence-corrected chi connectivity index (χ0v) is 45.6. The summed E-state index contributed by atoms with van der Waals surface area (Å²) in [6.07, 6.45) is 1.11. The van der Waals surface area contributed by atoms with Crippen LogP contribution in [-0.4, -0.2) is 0 Å². The van der Waals surface area contributed by atoms with Crippen molar-refractivity contribution in [2.24, 2.45) is 11.3 Å². The fourth-order valence-electron chi connectivity index (χ4n) is 11.1. The minimum absolute atomic E-state index is 0. The van der Waals surface area contributed by atoms with Crippen LogP contribution in [0.4, 0.5) is 0 Å². The summed E-state index contributed by atoms with van der Waals surface area (Å²) in [6, 6.07) is 51.7. The van der Waals surface area contributed by atoms with E-state index in [9.17, 15) is 15.3 Å². The molecule has 0 atom stereocenters. The first-order valence-electron chi connectivity index (χ1n) is 24.6. The second kappa shape index (κ2) is 20.8. The zero-order valence-electron chi connectivity index (χ0n) is 44.0. The largest absolute Gasteiger partial charge is 3.00 e. The molecule has 3 aliphatic rings. The van der Waals surface area contributed by atoms with E-state index in [0.29, 0.717) is 11.3 Å². The Balaban J connectivity index is 0.000000159. The predicted molar refractivity (Wildman–Crippen MR) is 287 cm³/mol. The van der Waals surface area contributed by atoms with Crippen molar-refractivity contribution in [2.75, 3.05) is 0 Å². The van der Waals surface area contributed by atoms with Crippen molar-refractivity contribution in [2.45, 2.75) is 120 Å². The fraction of sp³-hybridized carbons (Fsp3) is 0.303. The van der Waals surface area contributed by atoms with E-state index in [1.54, 1.807) is 47.5 Å². The first-order valence-corrected chi connectivity index (χ1v) is 24.6. The summed E-state index contributed by atoms with van der Waals surface area (Å²) in [5.74, 6) is 0.942. The van der Waals surface area contributed by atoms with Crippen LogP contribution in [0.25, 0.3) is 44.5 Å². The van der Waals surface area contributed by atoms with Crippen molar-refractivity contribution in [1.82, 2.24) is 0 Å². The van der Waals surface area contributed by atoms with Gasteiger partial charge in [0.2, 0.25) is 0 Å². The molecule has 0 N–H and O–H groups in total. The van der Waals surface area contributed by atoms with Crippen molar-refractivity contribution < 1.29 is 37.0 Å². The quantitative estimate of drug-likeness (QED) is 0.165. The molecule has 357 valence electrons. The molecule has 7 aromatic carbocycles. The molecule has 1 radical (unpaired) electrons. The third-order valence-electron chi connectivity index (χ3n) is 15.2. The summed E-state index contributed by atoms with van der Waals surface area (Å²) in [5.41, 5.74) is 21.8. The average Bonchev–Trinajstić information content (AvgIpc) is 3.76. The van der Waals surface area contributed by atoms with Crippen LogP contribution in [-0.2, 0) is 38.0 Å². The monoisotopic (exact) mass is 959 g/mol. The van der Waals surface area contributed by atoms with Crippen molar-refractivity contribution in [3.8, 4) is 61.8 Å². The molecule has 0 heterocycles. The number of hydrogen-bond donors (Lipinski definition) is 0. The van der Waals surface area contributed by atoms with Crippen LogP contribution in [0.3, 0.4) is 0 Å². The van der Waals surface area contributed by atoms with Gasteiger partial charge >= 0.3 is 21.7 Å². The Hall–Kier alpha value is -5.87. The summed E-state index contributed by atoms with van der Waals surface area (Å²) in [4.78, 5) is 0. The van der Waals surface area contributed by atoms with Crippen LogP contribution in [0.5, 0.6) is 17.2 Å². The minimum atomic E-state index is -0.0280. The number of fused-ring (bicyclic) bond motifs is 6. The average molecular weight is 960 g/mol. The van der Waals surface area contributed by atoms with Crippen molar-refractivity contribution in [3.63, 3.8) is 0 Å². The van der Waals surface area contributed by atoms with Crippen LogP contribution in [0.1, 0.15) is 131 Å². The van der Waals surface area contributed by atoms with Crippen LogP contribution in [0.2, 0.25) is 0 Å². The standard InChI is InChI=1S/2C21H18O.C14H22O.C10H16.Ti/c2*1-21(2)18-9-5-3-8-16(18)17-12-11-14(13-19(17)21)15-7-4-6-10-20(15)22;1-13(2,3)10-14(4,5)11-6-8-12(15)9-7-11;1-6-7(2)9(4)10(5)8(6)3;/h2*3-13,22H,1-2H3;6-9,15H,10H2,1-5H3;6H,1-5H3;/q;;;;+3/p-3. The molecule has 7 aromatic rings. The molecule has 0 aliphatic heterocycles. The molecule has 0 saturated heterocycles. The summed E-state index contributed by atoms with van der Waals surface area (Å²) in [5, 5.41) is 35.2. The van der Waals surface area contributed by atoms with E-state index in [2.05, 4.69) is 182 Å². The van der Waals surface area contributed by atoms with Gasteiger partial charge in [-0.05, 0) is 146 Å². The number of benzene rings is 7. The molecule has 3 aliphatic carbocycles. The maximum atomic E-state index is 12.1. The van der Waals surface area contributed by atoms with Gasteiger partial charge in [0.1, 0.15) is 0 Å². The van der Waals surface area contributed by atoms with E-state index in [1.807, 2.05) is 36.4 Å². The van der Waals surface area contributed by atoms with Gasteiger partial charge in [0, 0.05) is 10.8 Å². The Morgan fingerprint density at radius 1 is 0.429 bits per heavy atom. The molecular weight excluding hydrogens is 889 g/mol. The molecule has 0 unspecified atom stereocenters. The third kappa shape index (κ3) is 10.9. The summed E-state index contributed by atoms with van der Waals surface area (Å²) < 4.78 is 0. The van der Waals surface area contributed by atoms with Gasteiger partial charge in [-0.3, -0.25) is 0 Å². The normalized spacial score (nSPS) is 14.9. The molecule has 3 nitrogen and oxygen atoms in total. The Labute approximate surface area is 435 Å². The molecular formula is C66H71O3Ti. The van der Waals surface area contributed by atoms with E-state index in [0.717, 1.165) is 28.7 Å². The molecule has 10 rings (SSSR count). The smallest absolute Gasteiger partial charge is 0.872 e. The third-order valence-corrected chi connectivity index (χ3v) is 15.2. The molecule has 0 aromatic heterocycles. The first kappa shape index (κ1) is 53.5. The molecule has 0 amide bonds. The fourth-order valence-corrected chi connectivity index (χ4v) is 11.1. The van der Waals surface area contributed by atoms with Gasteiger partial charge in [-0.25, -0.2) is 0 Å². The van der Waals surface area contributed by atoms with Gasteiger partial charge in [0.05, 0.1) is 0 Å². The second-order valence-corrected chi connectivity index (χ2v) is 22.3. The van der Waals surface area contributed by atoms with Crippen LogP contribution in [0, 0.1) is 11.3 Å². The summed E-state index contributed by atoms with van der Waals surface area (Å²) in [6.45, 7) is 31.4. The molecule has 70 heavy (non-hydrogen) atoms. The molecule has 0 spiro atoms. The van der Waals surface area contributed by atoms with Crippen molar-refractivity contribution in [1.29, 1.82) is 0 Å². The second-order valence-electron chi connectivity index (χ2n) is 22.3. The number of rotatable bonds is 4. The predicted octanol–water partition coefficient (Wildman–Crippen LogP) is 16.2. The molecule has 0 bridgehead atoms. The Morgan fingerprint density at radius 2 is 0.771 bits per heavy atom. The number of allylic oxidation sites excluding steroid dienone is 4. The molecule has 4 heteroatoms. The Morgan fingerprint density at radius 3 is 1.11 bits per heavy atom. The van der Waals surface area contributed by atoms with Gasteiger partial charge in [0.15, 0.2) is 0 Å². The Kier molecular flexibility index (Phi) is 15.9. The number of hydrogen-bond acceptors (Lipinski definition) is 3. The topological polar surface area (TPSA) is 69.2 Å². The van der Waals surface area contributed by atoms with E-state index in [1.165, 1.54) is 61.2 Å². The van der Waals surface area contributed by atoms with Crippen LogP contribution >= 0.6 is 0 Å². The van der Waals surface area contributed by atoms with Crippen LogP contribution < -0.4 is 15.3 Å². The minimum Gasteiger partial charge on any atom is -0.872 e. The Bertz CT molecular complexity index is 2890. The summed E-state index contributed by atoms with van der Waals surface area (Å²) >= 11 is 0. The van der Waals surface area contributed by atoms with Crippen molar-refractivity contribution in [3.05, 3.63) is 208 Å². The SMILES string of the molecule is CC(C)(C)CC(C)(C)c1ccc([O-])cc1.CC1(C)c2ccccc2-c2ccc(-c3ccccc3[O-])cc21.CC1(C)c2ccccc2-c2ccc(-c3ccccc3[O-])cc21.CC1=C(C)C(C)C(C)=C1C.[Ti+3]. The van der Waals surface area contributed by atoms with Gasteiger partial charge in [-0.15, -0.1) is 17.2 Å². The maximum absolute atomic E-state index is 12.1. The van der Waals surface area contributed by atoms with E-state index < -0.39 is 0 Å². The van der Waals surface area contributed by atoms with Crippen molar-refractivity contribution >= 4 is 0 Å². The van der Waals surface area contributed by atoms with E-state index >= 15 is 0 Å². The van der Waals surface area contributed by atoms with E-state index in [-0.39, 0.29) is 55.2 Å². The van der Waals surface area contributed by atoms with Gasteiger partial charge in [-0.2, -0.15) is 0 Å². The van der Waals surface area contributed by atoms with Gasteiger partial charge < -0.3 is 15.3 Å². The van der Waals surface area contributed by atoms with E-state index in [4.69, 9.17) is 0 Å². The first-order chi connectivity index (χ1) is 32.4. The zero-order chi connectivity index (χ0) is 50.2. The molecule has 0 fully saturated rings. The van der Waals surface area contributed by atoms with Gasteiger partial charge in [-0.1, -0.05) is 226 Å². The number of para-hydroxylation sites is 2. The molecule has 0 saturated carbocycles. The van der Waals surface area contributed by atoms with Gasteiger partial charge in [0.25, 0.3) is 0 Å². The summed E-state index contributed by atoms with van der Waals surface area (Å²) in [7, 11) is 0. The van der Waals surface area contributed by atoms with Crippen LogP contribution in [0.15, 0.2) is 180 Å². The maximum Gasteiger partial charge on any atom is 3.00 e.